The van der Waals surface area contributed by atoms with Gasteiger partial charge in [0.2, 0.25) is 0 Å². The van der Waals surface area contributed by atoms with Gasteiger partial charge in [-0.2, -0.15) is 0 Å². The van der Waals surface area contributed by atoms with Crippen LogP contribution in [-0.4, -0.2) is 23.4 Å². The van der Waals surface area contributed by atoms with Crippen molar-refractivity contribution in [2.45, 2.75) is 26.8 Å². The highest BCUT2D eigenvalue weighted by molar-refractivity contribution is 6.51. The van der Waals surface area contributed by atoms with Gasteiger partial charge in [-0.3, -0.25) is 14.5 Å². The highest BCUT2D eigenvalue weighted by Crippen LogP contribution is 2.42. The predicted octanol–water partition coefficient (Wildman–Crippen LogP) is 5.47. The molecule has 3 aromatic rings. The molecule has 6 heteroatoms. The minimum atomic E-state index is -0.914. The lowest BCUT2D eigenvalue weighted by Crippen LogP contribution is -2.29. The van der Waals surface area contributed by atoms with Crippen LogP contribution in [0.4, 0.5) is 10.1 Å². The average molecular weight is 445 g/mol. The first-order chi connectivity index (χ1) is 15.8. The summed E-state index contributed by atoms with van der Waals surface area (Å²) >= 11 is 0. The number of aryl methyl sites for hydroxylation is 2. The number of Topliss-reactive ketones (excluding diaryl/α,β-unsaturated/α-hetero) is 1. The number of carbonyl (C=O) groups is 2. The smallest absolute Gasteiger partial charge is 0.300 e. The van der Waals surface area contributed by atoms with E-state index < -0.39 is 23.5 Å². The molecule has 1 saturated heterocycles. The summed E-state index contributed by atoms with van der Waals surface area (Å²) in [6.45, 7) is 6.09. The Bertz CT molecular complexity index is 1240. The van der Waals surface area contributed by atoms with Crippen molar-refractivity contribution in [1.29, 1.82) is 0 Å². The molecule has 1 amide bonds. The number of amides is 1. The van der Waals surface area contributed by atoms with E-state index in [1.165, 1.54) is 29.2 Å². The number of hydrogen-bond donors (Lipinski definition) is 1. The van der Waals surface area contributed by atoms with Gasteiger partial charge in [-0.05, 0) is 73.9 Å². The minimum Gasteiger partial charge on any atom is -0.507 e. The fourth-order valence-electron chi connectivity index (χ4n) is 4.20. The summed E-state index contributed by atoms with van der Waals surface area (Å²) in [6.07, 6.45) is 0. The third-order valence-corrected chi connectivity index (χ3v) is 5.53. The molecular weight excluding hydrogens is 421 g/mol. The third-order valence-electron chi connectivity index (χ3n) is 5.53. The van der Waals surface area contributed by atoms with Crippen molar-refractivity contribution in [3.63, 3.8) is 0 Å². The van der Waals surface area contributed by atoms with Crippen LogP contribution >= 0.6 is 0 Å². The highest BCUT2D eigenvalue weighted by Gasteiger charge is 2.47. The SMILES string of the molecule is CCOc1cccc(/C(O)=C2\C(=O)C(=O)N(c3cc(C)cc(C)c3)C2c2ccc(F)cc2)c1. The van der Waals surface area contributed by atoms with E-state index in [2.05, 4.69) is 0 Å². The van der Waals surface area contributed by atoms with Crippen LogP contribution in [-0.2, 0) is 9.59 Å². The van der Waals surface area contributed by atoms with Crippen LogP contribution in [0.15, 0.2) is 72.3 Å². The number of hydrogen-bond acceptors (Lipinski definition) is 4. The lowest BCUT2D eigenvalue weighted by atomic mass is 9.95. The summed E-state index contributed by atoms with van der Waals surface area (Å²) in [5.41, 5.74) is 3.19. The van der Waals surface area contributed by atoms with E-state index in [4.69, 9.17) is 4.74 Å². The Morgan fingerprint density at radius 3 is 2.30 bits per heavy atom. The summed E-state index contributed by atoms with van der Waals surface area (Å²) in [7, 11) is 0. The molecule has 0 aromatic heterocycles. The number of anilines is 1. The first-order valence-corrected chi connectivity index (χ1v) is 10.7. The number of halogens is 1. The molecule has 1 aliphatic heterocycles. The molecule has 0 bridgehead atoms. The van der Waals surface area contributed by atoms with Crippen LogP contribution < -0.4 is 9.64 Å². The van der Waals surface area contributed by atoms with Crippen LogP contribution in [0.1, 0.15) is 35.2 Å². The summed E-state index contributed by atoms with van der Waals surface area (Å²) < 4.78 is 19.2. The molecule has 1 atom stereocenters. The second kappa shape index (κ2) is 8.90. The Hall–Kier alpha value is -3.93. The Labute approximate surface area is 191 Å². The maximum atomic E-state index is 13.7. The Morgan fingerprint density at radius 1 is 1.00 bits per heavy atom. The van der Waals surface area contributed by atoms with Crippen molar-refractivity contribution in [2.24, 2.45) is 0 Å². The summed E-state index contributed by atoms with van der Waals surface area (Å²) in [5, 5.41) is 11.2. The standard InChI is InChI=1S/C27H24FNO4/c1-4-33-22-7-5-6-19(15-22)25(30)23-24(18-8-10-20(28)11-9-18)29(27(32)26(23)31)21-13-16(2)12-17(3)14-21/h5-15,24,30H,4H2,1-3H3/b25-23+. The van der Waals surface area contributed by atoms with Crippen molar-refractivity contribution in [2.75, 3.05) is 11.5 Å². The van der Waals surface area contributed by atoms with Crippen molar-refractivity contribution >= 4 is 23.1 Å². The van der Waals surface area contributed by atoms with Gasteiger partial charge in [-0.25, -0.2) is 4.39 Å². The van der Waals surface area contributed by atoms with Gasteiger partial charge in [-0.15, -0.1) is 0 Å². The number of aliphatic hydroxyl groups excluding tert-OH is 1. The van der Waals surface area contributed by atoms with Crippen LogP contribution in [0, 0.1) is 19.7 Å². The number of rotatable bonds is 5. The number of nitrogens with zero attached hydrogens (tertiary/aromatic N) is 1. The largest absolute Gasteiger partial charge is 0.507 e. The molecule has 0 saturated carbocycles. The molecule has 1 fully saturated rings. The first-order valence-electron chi connectivity index (χ1n) is 10.7. The van der Waals surface area contributed by atoms with Gasteiger partial charge in [0, 0.05) is 11.3 Å². The van der Waals surface area contributed by atoms with Crippen LogP contribution in [0.25, 0.3) is 5.76 Å². The van der Waals surface area contributed by atoms with Crippen molar-refractivity contribution in [3.8, 4) is 5.75 Å². The molecule has 3 aromatic carbocycles. The number of carbonyl (C=O) groups excluding carboxylic acids is 2. The Morgan fingerprint density at radius 2 is 1.67 bits per heavy atom. The van der Waals surface area contributed by atoms with Crippen LogP contribution in [0.5, 0.6) is 5.75 Å². The number of benzene rings is 3. The van der Waals surface area contributed by atoms with E-state index in [-0.39, 0.29) is 11.3 Å². The second-order valence-corrected chi connectivity index (χ2v) is 8.03. The van der Waals surface area contributed by atoms with Gasteiger partial charge in [0.15, 0.2) is 0 Å². The van der Waals surface area contributed by atoms with Gasteiger partial charge in [-0.1, -0.05) is 30.3 Å². The normalized spacial score (nSPS) is 17.5. The van der Waals surface area contributed by atoms with E-state index in [9.17, 15) is 19.1 Å². The van der Waals surface area contributed by atoms with Crippen molar-refractivity contribution < 1.29 is 23.8 Å². The monoisotopic (exact) mass is 445 g/mol. The molecule has 1 heterocycles. The fraction of sp³-hybridized carbons (Fsp3) is 0.185. The fourth-order valence-corrected chi connectivity index (χ4v) is 4.20. The predicted molar refractivity (Wildman–Crippen MR) is 125 cm³/mol. The van der Waals surface area contributed by atoms with Crippen molar-refractivity contribution in [1.82, 2.24) is 0 Å². The van der Waals surface area contributed by atoms with E-state index in [0.29, 0.717) is 29.2 Å². The molecule has 5 nitrogen and oxygen atoms in total. The maximum absolute atomic E-state index is 13.7. The lowest BCUT2D eigenvalue weighted by Gasteiger charge is -2.26. The molecule has 1 N–H and O–H groups in total. The summed E-state index contributed by atoms with van der Waals surface area (Å²) in [6, 6.07) is 17.0. The van der Waals surface area contributed by atoms with Crippen LogP contribution in [0.2, 0.25) is 0 Å². The first kappa shape index (κ1) is 22.3. The zero-order chi connectivity index (χ0) is 23.7. The maximum Gasteiger partial charge on any atom is 0.300 e. The molecule has 1 aliphatic rings. The molecular formula is C27H24FNO4. The number of ether oxygens (including phenoxy) is 1. The summed E-state index contributed by atoms with van der Waals surface area (Å²) in [4.78, 5) is 27.8. The van der Waals surface area contributed by atoms with Gasteiger partial charge in [0.25, 0.3) is 11.7 Å². The number of ketones is 1. The summed E-state index contributed by atoms with van der Waals surface area (Å²) in [5.74, 6) is -1.77. The van der Waals surface area contributed by atoms with E-state index in [1.807, 2.05) is 39.0 Å². The molecule has 0 spiro atoms. The van der Waals surface area contributed by atoms with Crippen LogP contribution in [0.3, 0.4) is 0 Å². The topological polar surface area (TPSA) is 66.8 Å². The molecule has 4 rings (SSSR count). The van der Waals surface area contributed by atoms with E-state index in [0.717, 1.165) is 11.1 Å². The second-order valence-electron chi connectivity index (χ2n) is 8.03. The zero-order valence-electron chi connectivity index (χ0n) is 18.6. The number of aliphatic hydroxyl groups is 1. The zero-order valence-corrected chi connectivity index (χ0v) is 18.6. The minimum absolute atomic E-state index is 0.0561. The molecule has 0 aliphatic carbocycles. The average Bonchev–Trinajstić information content (AvgIpc) is 3.04. The highest BCUT2D eigenvalue weighted by atomic mass is 19.1. The lowest BCUT2D eigenvalue weighted by molar-refractivity contribution is -0.132. The van der Waals surface area contributed by atoms with Gasteiger partial charge < -0.3 is 9.84 Å². The van der Waals surface area contributed by atoms with Gasteiger partial charge in [0.1, 0.15) is 17.3 Å². The van der Waals surface area contributed by atoms with E-state index in [1.54, 1.807) is 24.3 Å². The Balaban J connectivity index is 1.94. The molecule has 1 unspecified atom stereocenters. The molecule has 33 heavy (non-hydrogen) atoms. The Kier molecular flexibility index (Phi) is 6.01. The van der Waals surface area contributed by atoms with Gasteiger partial charge in [0.05, 0.1) is 18.2 Å². The van der Waals surface area contributed by atoms with Crippen molar-refractivity contribution in [3.05, 3.63) is 100 Å². The quantitative estimate of drug-likeness (QED) is 0.321. The molecule has 0 radical (unpaired) electrons. The van der Waals surface area contributed by atoms with E-state index >= 15 is 0 Å². The third kappa shape index (κ3) is 4.24. The van der Waals surface area contributed by atoms with Gasteiger partial charge >= 0.3 is 0 Å². The molecule has 168 valence electrons.